The number of amides is 1. The van der Waals surface area contributed by atoms with Crippen molar-refractivity contribution >= 4 is 23.3 Å². The van der Waals surface area contributed by atoms with Crippen LogP contribution in [0.25, 0.3) is 0 Å². The molecule has 0 radical (unpaired) electrons. The average molecular weight is 356 g/mol. The fourth-order valence-corrected chi connectivity index (χ4v) is 2.76. The van der Waals surface area contributed by atoms with Crippen molar-refractivity contribution in [3.05, 3.63) is 53.6 Å². The highest BCUT2D eigenvalue weighted by molar-refractivity contribution is 6.06. The van der Waals surface area contributed by atoms with Crippen molar-refractivity contribution in [1.29, 1.82) is 0 Å². The summed E-state index contributed by atoms with van der Waals surface area (Å²) in [5.74, 6) is -1.36. The predicted molar refractivity (Wildman–Crippen MR) is 102 cm³/mol. The molecule has 0 aliphatic rings. The molecule has 0 saturated carbocycles. The van der Waals surface area contributed by atoms with E-state index in [1.807, 2.05) is 12.1 Å². The number of methoxy groups -OCH3 is 1. The molecule has 0 aromatic heterocycles. The zero-order valence-corrected chi connectivity index (χ0v) is 15.4. The van der Waals surface area contributed by atoms with Crippen LogP contribution in [0, 0.1) is 0 Å². The molecule has 2 aromatic carbocycles. The minimum Gasteiger partial charge on any atom is -0.505 e. The molecular formula is C20H24N2O4. The number of nitrogens with one attached hydrogen (secondary N) is 1. The Bertz CT molecular complexity index is 785. The standard InChI is InChI=1S/C20H24N2O4/c1-5-22(13(2)3)15-11-9-14(10-12-15)19(24)21-17-8-6-7-16(18(17)23)20(25)26-4/h6-13,23H,5H2,1-4H3,(H,21,24). The summed E-state index contributed by atoms with van der Waals surface area (Å²) in [7, 11) is 1.23. The van der Waals surface area contributed by atoms with Gasteiger partial charge in [0.25, 0.3) is 5.91 Å². The molecule has 26 heavy (non-hydrogen) atoms. The Morgan fingerprint density at radius 3 is 2.35 bits per heavy atom. The first kappa shape index (κ1) is 19.3. The van der Waals surface area contributed by atoms with Crippen molar-refractivity contribution < 1.29 is 19.4 Å². The van der Waals surface area contributed by atoms with Gasteiger partial charge in [-0.2, -0.15) is 0 Å². The highest BCUT2D eigenvalue weighted by Gasteiger charge is 2.17. The monoisotopic (exact) mass is 356 g/mol. The van der Waals surface area contributed by atoms with Crippen LogP contribution in [0.3, 0.4) is 0 Å². The molecule has 6 heteroatoms. The Labute approximate surface area is 153 Å². The van der Waals surface area contributed by atoms with Crippen molar-refractivity contribution in [3.63, 3.8) is 0 Å². The van der Waals surface area contributed by atoms with Gasteiger partial charge in [-0.25, -0.2) is 4.79 Å². The SMILES string of the molecule is CCN(c1ccc(C(=O)Nc2cccc(C(=O)OC)c2O)cc1)C(C)C. The second-order valence-corrected chi connectivity index (χ2v) is 6.07. The minimum atomic E-state index is -0.670. The van der Waals surface area contributed by atoms with E-state index in [0.29, 0.717) is 11.6 Å². The number of anilines is 2. The number of benzene rings is 2. The number of carbonyl (C=O) groups is 2. The van der Waals surface area contributed by atoms with Crippen LogP contribution in [0.4, 0.5) is 11.4 Å². The molecule has 2 N–H and O–H groups in total. The van der Waals surface area contributed by atoms with Crippen molar-refractivity contribution in [2.45, 2.75) is 26.8 Å². The fraction of sp³-hybridized carbons (Fsp3) is 0.300. The van der Waals surface area contributed by atoms with E-state index in [-0.39, 0.29) is 22.9 Å². The van der Waals surface area contributed by atoms with Crippen molar-refractivity contribution in [1.82, 2.24) is 0 Å². The van der Waals surface area contributed by atoms with Crippen LogP contribution in [0.1, 0.15) is 41.5 Å². The van der Waals surface area contributed by atoms with E-state index in [9.17, 15) is 14.7 Å². The predicted octanol–water partition coefficient (Wildman–Crippen LogP) is 3.67. The van der Waals surface area contributed by atoms with Gasteiger partial charge in [0.05, 0.1) is 12.8 Å². The molecule has 0 saturated heterocycles. The van der Waals surface area contributed by atoms with Gasteiger partial charge in [-0.05, 0) is 57.2 Å². The van der Waals surface area contributed by atoms with Crippen molar-refractivity contribution in [3.8, 4) is 5.75 Å². The second kappa shape index (κ2) is 8.38. The second-order valence-electron chi connectivity index (χ2n) is 6.07. The van der Waals surface area contributed by atoms with Gasteiger partial charge in [0.1, 0.15) is 5.56 Å². The summed E-state index contributed by atoms with van der Waals surface area (Å²) in [6.07, 6.45) is 0. The van der Waals surface area contributed by atoms with Crippen LogP contribution >= 0.6 is 0 Å². The third-order valence-corrected chi connectivity index (χ3v) is 4.11. The lowest BCUT2D eigenvalue weighted by molar-refractivity contribution is 0.0597. The van der Waals surface area contributed by atoms with Gasteiger partial charge in [0.2, 0.25) is 0 Å². The lowest BCUT2D eigenvalue weighted by atomic mass is 10.1. The van der Waals surface area contributed by atoms with E-state index in [1.54, 1.807) is 18.2 Å². The first-order valence-corrected chi connectivity index (χ1v) is 8.47. The molecule has 0 heterocycles. The first-order valence-electron chi connectivity index (χ1n) is 8.47. The highest BCUT2D eigenvalue weighted by atomic mass is 16.5. The first-order chi connectivity index (χ1) is 12.4. The molecule has 0 spiro atoms. The maximum absolute atomic E-state index is 12.4. The van der Waals surface area contributed by atoms with Crippen LogP contribution in [0.15, 0.2) is 42.5 Å². The molecule has 0 aliphatic carbocycles. The number of hydrogen-bond donors (Lipinski definition) is 2. The summed E-state index contributed by atoms with van der Waals surface area (Å²) in [5.41, 5.74) is 1.64. The third-order valence-electron chi connectivity index (χ3n) is 4.11. The molecule has 0 atom stereocenters. The Balaban J connectivity index is 2.19. The molecule has 0 bridgehead atoms. The molecule has 0 unspecified atom stereocenters. The number of rotatable bonds is 6. The summed E-state index contributed by atoms with van der Waals surface area (Å²) >= 11 is 0. The van der Waals surface area contributed by atoms with Crippen LogP contribution < -0.4 is 10.2 Å². The maximum Gasteiger partial charge on any atom is 0.341 e. The van der Waals surface area contributed by atoms with E-state index >= 15 is 0 Å². The number of ether oxygens (including phenoxy) is 1. The summed E-state index contributed by atoms with van der Waals surface area (Å²) < 4.78 is 4.61. The van der Waals surface area contributed by atoms with Gasteiger partial charge in [-0.1, -0.05) is 6.07 Å². The van der Waals surface area contributed by atoms with Gasteiger partial charge >= 0.3 is 5.97 Å². The molecule has 6 nitrogen and oxygen atoms in total. The molecule has 2 aromatic rings. The smallest absolute Gasteiger partial charge is 0.341 e. The molecule has 138 valence electrons. The van der Waals surface area contributed by atoms with Gasteiger partial charge in [-0.3, -0.25) is 4.79 Å². The molecule has 2 rings (SSSR count). The largest absolute Gasteiger partial charge is 0.505 e. The number of para-hydroxylation sites is 1. The summed E-state index contributed by atoms with van der Waals surface area (Å²) in [5, 5.41) is 12.8. The highest BCUT2D eigenvalue weighted by Crippen LogP contribution is 2.28. The normalized spacial score (nSPS) is 10.5. The van der Waals surface area contributed by atoms with Crippen LogP contribution in [-0.2, 0) is 4.74 Å². The third kappa shape index (κ3) is 4.14. The fourth-order valence-electron chi connectivity index (χ4n) is 2.76. The number of phenolic OH excluding ortho intramolecular Hbond substituents is 1. The van der Waals surface area contributed by atoms with Gasteiger partial charge in [0, 0.05) is 23.8 Å². The van der Waals surface area contributed by atoms with Crippen molar-refractivity contribution in [2.75, 3.05) is 23.9 Å². The maximum atomic E-state index is 12.4. The summed E-state index contributed by atoms with van der Waals surface area (Å²) in [6.45, 7) is 7.18. The average Bonchev–Trinajstić information content (AvgIpc) is 2.63. The lowest BCUT2D eigenvalue weighted by Gasteiger charge is -2.27. The molecule has 0 aliphatic heterocycles. The Morgan fingerprint density at radius 1 is 1.15 bits per heavy atom. The number of phenols is 1. The molecular weight excluding hydrogens is 332 g/mol. The number of aromatic hydroxyl groups is 1. The molecule has 1 amide bonds. The van der Waals surface area contributed by atoms with E-state index in [1.165, 1.54) is 19.2 Å². The van der Waals surface area contributed by atoms with E-state index in [0.717, 1.165) is 12.2 Å². The summed E-state index contributed by atoms with van der Waals surface area (Å²) in [6, 6.07) is 12.1. The number of hydrogen-bond acceptors (Lipinski definition) is 5. The van der Waals surface area contributed by atoms with E-state index in [2.05, 4.69) is 35.7 Å². The number of nitrogens with zero attached hydrogens (tertiary/aromatic N) is 1. The topological polar surface area (TPSA) is 78.9 Å². The number of carbonyl (C=O) groups excluding carboxylic acids is 2. The number of esters is 1. The zero-order chi connectivity index (χ0) is 19.3. The summed E-state index contributed by atoms with van der Waals surface area (Å²) in [4.78, 5) is 26.3. The van der Waals surface area contributed by atoms with Gasteiger partial charge in [0.15, 0.2) is 5.75 Å². The minimum absolute atomic E-state index is 0.00355. The Morgan fingerprint density at radius 2 is 1.81 bits per heavy atom. The van der Waals surface area contributed by atoms with Crippen molar-refractivity contribution in [2.24, 2.45) is 0 Å². The van der Waals surface area contributed by atoms with Crippen LogP contribution in [-0.4, -0.2) is 36.7 Å². The van der Waals surface area contributed by atoms with Crippen LogP contribution in [0.5, 0.6) is 5.75 Å². The lowest BCUT2D eigenvalue weighted by Crippen LogP contribution is -2.30. The zero-order valence-electron chi connectivity index (χ0n) is 15.4. The van der Waals surface area contributed by atoms with Crippen LogP contribution in [0.2, 0.25) is 0 Å². The van der Waals surface area contributed by atoms with Gasteiger partial charge < -0.3 is 20.1 Å². The van der Waals surface area contributed by atoms with E-state index < -0.39 is 5.97 Å². The van der Waals surface area contributed by atoms with Gasteiger partial charge in [-0.15, -0.1) is 0 Å². The quantitative estimate of drug-likeness (QED) is 0.610. The Kier molecular flexibility index (Phi) is 6.22. The Hall–Kier alpha value is -3.02. The molecule has 0 fully saturated rings. The van der Waals surface area contributed by atoms with E-state index in [4.69, 9.17) is 0 Å².